The molecule has 22 heavy (non-hydrogen) atoms. The normalized spacial score (nSPS) is 12.1. The summed E-state index contributed by atoms with van der Waals surface area (Å²) in [5.41, 5.74) is 6.42. The molecule has 1 amide bonds. The number of rotatable bonds is 7. The molecular weight excluding hydrogens is 302 g/mol. The molecule has 2 rings (SSSR count). The van der Waals surface area contributed by atoms with Crippen LogP contribution in [0.3, 0.4) is 0 Å². The van der Waals surface area contributed by atoms with E-state index in [4.69, 9.17) is 21.8 Å². The van der Waals surface area contributed by atoms with Crippen LogP contribution in [0.15, 0.2) is 34.9 Å². The fourth-order valence-corrected chi connectivity index (χ4v) is 2.19. The smallest absolute Gasteiger partial charge is 0.220 e. The number of hydrogen-bond acceptors (Lipinski definition) is 4. The molecule has 1 aromatic heterocycles. The number of nitrogens with zero attached hydrogens (tertiary/aromatic N) is 1. The molecule has 2 aromatic rings. The molecule has 0 spiro atoms. The van der Waals surface area contributed by atoms with E-state index in [0.29, 0.717) is 36.1 Å². The highest BCUT2D eigenvalue weighted by molar-refractivity contribution is 6.33. The number of benzene rings is 1. The van der Waals surface area contributed by atoms with E-state index in [1.165, 1.54) is 0 Å². The van der Waals surface area contributed by atoms with Gasteiger partial charge in [-0.25, -0.2) is 4.98 Å². The average molecular weight is 322 g/mol. The lowest BCUT2D eigenvalue weighted by Crippen LogP contribution is -2.29. The first-order valence-corrected chi connectivity index (χ1v) is 7.66. The average Bonchev–Trinajstić information content (AvgIpc) is 2.94. The van der Waals surface area contributed by atoms with Crippen molar-refractivity contribution in [2.24, 2.45) is 5.73 Å². The summed E-state index contributed by atoms with van der Waals surface area (Å²) in [6.45, 7) is 2.50. The first-order valence-electron chi connectivity index (χ1n) is 7.28. The van der Waals surface area contributed by atoms with Crippen molar-refractivity contribution in [2.45, 2.75) is 32.2 Å². The molecule has 1 unspecified atom stereocenters. The van der Waals surface area contributed by atoms with Gasteiger partial charge >= 0.3 is 0 Å². The highest BCUT2D eigenvalue weighted by Crippen LogP contribution is 2.28. The lowest BCUT2D eigenvalue weighted by Gasteiger charge is -2.06. The van der Waals surface area contributed by atoms with Crippen molar-refractivity contribution in [3.05, 3.63) is 41.4 Å². The predicted molar refractivity (Wildman–Crippen MR) is 86.5 cm³/mol. The number of aromatic nitrogens is 1. The van der Waals surface area contributed by atoms with Crippen LogP contribution in [0, 0.1) is 0 Å². The molecular formula is C16H20ClN3O2. The molecule has 0 aliphatic heterocycles. The molecule has 0 bridgehead atoms. The van der Waals surface area contributed by atoms with E-state index in [1.54, 1.807) is 12.3 Å². The Labute approximate surface area is 134 Å². The summed E-state index contributed by atoms with van der Waals surface area (Å²) in [5, 5.41) is 3.43. The zero-order valence-corrected chi connectivity index (χ0v) is 13.3. The monoisotopic (exact) mass is 321 g/mol. The molecule has 1 heterocycles. The molecule has 0 radical (unpaired) electrons. The summed E-state index contributed by atoms with van der Waals surface area (Å²) in [6.07, 6.45) is 3.18. The van der Waals surface area contributed by atoms with Gasteiger partial charge in [0.05, 0.1) is 11.2 Å². The van der Waals surface area contributed by atoms with Crippen molar-refractivity contribution in [1.82, 2.24) is 10.3 Å². The summed E-state index contributed by atoms with van der Waals surface area (Å²) >= 11 is 6.12. The molecule has 0 saturated carbocycles. The largest absolute Gasteiger partial charge is 0.441 e. The summed E-state index contributed by atoms with van der Waals surface area (Å²) in [6, 6.07) is 7.49. The Bertz CT molecular complexity index is 625. The summed E-state index contributed by atoms with van der Waals surface area (Å²) < 4.78 is 5.65. The third-order valence-electron chi connectivity index (χ3n) is 3.18. The minimum absolute atomic E-state index is 0.0295. The lowest BCUT2D eigenvalue weighted by atomic mass is 10.2. The zero-order chi connectivity index (χ0) is 15.9. The number of hydrogen-bond donors (Lipinski definition) is 2. The molecule has 1 atom stereocenters. The summed E-state index contributed by atoms with van der Waals surface area (Å²) in [4.78, 5) is 15.9. The minimum Gasteiger partial charge on any atom is -0.441 e. The molecule has 1 aromatic carbocycles. The Kier molecular flexibility index (Phi) is 5.98. The van der Waals surface area contributed by atoms with Gasteiger partial charge in [-0.05, 0) is 25.5 Å². The Morgan fingerprint density at radius 2 is 2.23 bits per heavy atom. The zero-order valence-electron chi connectivity index (χ0n) is 12.5. The Morgan fingerprint density at radius 3 is 2.95 bits per heavy atom. The molecule has 0 aliphatic rings. The van der Waals surface area contributed by atoms with E-state index < -0.39 is 0 Å². The number of carbonyl (C=O) groups is 1. The lowest BCUT2D eigenvalue weighted by molar-refractivity contribution is -0.121. The van der Waals surface area contributed by atoms with Gasteiger partial charge in [-0.1, -0.05) is 23.7 Å². The van der Waals surface area contributed by atoms with E-state index in [0.717, 1.165) is 12.0 Å². The fraction of sp³-hybridized carbons (Fsp3) is 0.375. The Balaban J connectivity index is 1.85. The van der Waals surface area contributed by atoms with Crippen LogP contribution in [0.5, 0.6) is 0 Å². The van der Waals surface area contributed by atoms with Gasteiger partial charge in [0.1, 0.15) is 0 Å². The van der Waals surface area contributed by atoms with Crippen molar-refractivity contribution < 1.29 is 9.21 Å². The van der Waals surface area contributed by atoms with Gasteiger partial charge in [0.15, 0.2) is 11.7 Å². The van der Waals surface area contributed by atoms with Gasteiger partial charge in [0, 0.05) is 31.0 Å². The molecule has 3 N–H and O–H groups in total. The van der Waals surface area contributed by atoms with E-state index in [-0.39, 0.29) is 11.9 Å². The van der Waals surface area contributed by atoms with Crippen LogP contribution < -0.4 is 11.1 Å². The summed E-state index contributed by atoms with van der Waals surface area (Å²) in [5.74, 6) is 1.10. The number of aryl methyl sites for hydroxylation is 1. The molecule has 118 valence electrons. The number of amides is 1. The second-order valence-corrected chi connectivity index (χ2v) is 5.62. The summed E-state index contributed by atoms with van der Waals surface area (Å²) in [7, 11) is 0. The van der Waals surface area contributed by atoms with Gasteiger partial charge in [0.2, 0.25) is 5.91 Å². The molecule has 5 nitrogen and oxygen atoms in total. The number of carbonyl (C=O) groups excluding carboxylic acids is 1. The van der Waals surface area contributed by atoms with Gasteiger partial charge in [-0.15, -0.1) is 0 Å². The van der Waals surface area contributed by atoms with Gasteiger partial charge < -0.3 is 15.5 Å². The van der Waals surface area contributed by atoms with Gasteiger partial charge in [0.25, 0.3) is 0 Å². The molecule has 6 heteroatoms. The first-order chi connectivity index (χ1) is 10.6. The third-order valence-corrected chi connectivity index (χ3v) is 3.51. The first kappa shape index (κ1) is 16.5. The van der Waals surface area contributed by atoms with Crippen molar-refractivity contribution in [3.8, 4) is 11.3 Å². The maximum absolute atomic E-state index is 11.7. The van der Waals surface area contributed by atoms with Gasteiger partial charge in [-0.3, -0.25) is 4.79 Å². The fourth-order valence-electron chi connectivity index (χ4n) is 1.96. The van der Waals surface area contributed by atoms with Crippen molar-refractivity contribution in [3.63, 3.8) is 0 Å². The number of nitrogens with one attached hydrogen (secondary N) is 1. The molecule has 0 fully saturated rings. The SMILES string of the molecule is CC(N)CCNC(=O)CCc1ncc(-c2ccccc2Cl)o1. The number of halogens is 1. The number of oxazole rings is 1. The molecule has 0 aliphatic carbocycles. The third kappa shape index (κ3) is 4.86. The van der Waals surface area contributed by atoms with Crippen LogP contribution in [-0.2, 0) is 11.2 Å². The Hall–Kier alpha value is -1.85. The van der Waals surface area contributed by atoms with Crippen LogP contribution in [-0.4, -0.2) is 23.5 Å². The van der Waals surface area contributed by atoms with Crippen LogP contribution in [0.4, 0.5) is 0 Å². The van der Waals surface area contributed by atoms with Crippen LogP contribution >= 0.6 is 11.6 Å². The van der Waals surface area contributed by atoms with E-state index in [2.05, 4.69) is 10.3 Å². The van der Waals surface area contributed by atoms with Crippen molar-refractivity contribution in [2.75, 3.05) is 6.54 Å². The highest BCUT2D eigenvalue weighted by Gasteiger charge is 2.11. The van der Waals surface area contributed by atoms with Crippen LogP contribution in [0.1, 0.15) is 25.7 Å². The minimum atomic E-state index is -0.0295. The van der Waals surface area contributed by atoms with Crippen LogP contribution in [0.25, 0.3) is 11.3 Å². The van der Waals surface area contributed by atoms with Crippen molar-refractivity contribution >= 4 is 17.5 Å². The second-order valence-electron chi connectivity index (χ2n) is 5.21. The number of nitrogens with two attached hydrogens (primary N) is 1. The standard InChI is InChI=1S/C16H20ClN3O2/c1-11(18)8-9-19-15(21)6-7-16-20-10-14(22-16)12-4-2-3-5-13(12)17/h2-5,10-11H,6-9,18H2,1H3,(H,19,21). The maximum atomic E-state index is 11.7. The van der Waals surface area contributed by atoms with Gasteiger partial charge in [-0.2, -0.15) is 0 Å². The Morgan fingerprint density at radius 1 is 1.45 bits per heavy atom. The predicted octanol–water partition coefficient (Wildman–Crippen LogP) is 2.78. The van der Waals surface area contributed by atoms with Crippen LogP contribution in [0.2, 0.25) is 5.02 Å². The maximum Gasteiger partial charge on any atom is 0.220 e. The van der Waals surface area contributed by atoms with E-state index in [1.807, 2.05) is 25.1 Å². The topological polar surface area (TPSA) is 81.1 Å². The second kappa shape index (κ2) is 7.96. The highest BCUT2D eigenvalue weighted by atomic mass is 35.5. The van der Waals surface area contributed by atoms with E-state index >= 15 is 0 Å². The quantitative estimate of drug-likeness (QED) is 0.821. The molecule has 0 saturated heterocycles. The van der Waals surface area contributed by atoms with E-state index in [9.17, 15) is 4.79 Å². The van der Waals surface area contributed by atoms with Crippen molar-refractivity contribution in [1.29, 1.82) is 0 Å².